The van der Waals surface area contributed by atoms with Crippen LogP contribution in [0.2, 0.25) is 0 Å². The molecule has 2 aromatic heterocycles. The van der Waals surface area contributed by atoms with E-state index in [0.29, 0.717) is 22.8 Å². The SMILES string of the molecule is CCCN(CC)c1cccc(C(c2cc(/C=N/n3nnnc3C)ccc2O)c2cc(/C=N/n3nnnc3C)ccc2O)c1. The Kier molecular flexibility index (Phi) is 8.79. The lowest BCUT2D eigenvalue weighted by Crippen LogP contribution is -2.23. The van der Waals surface area contributed by atoms with Crippen LogP contribution < -0.4 is 4.90 Å². The first-order valence-corrected chi connectivity index (χ1v) is 14.0. The molecule has 0 atom stereocenters. The Bertz CT molecular complexity index is 1660. The third-order valence-electron chi connectivity index (χ3n) is 7.01. The van der Waals surface area contributed by atoms with Gasteiger partial charge in [-0.3, -0.25) is 0 Å². The molecule has 0 aliphatic rings. The summed E-state index contributed by atoms with van der Waals surface area (Å²) in [7, 11) is 0. The van der Waals surface area contributed by atoms with Gasteiger partial charge in [-0.15, -0.1) is 19.8 Å². The fourth-order valence-electron chi connectivity index (χ4n) is 4.85. The van der Waals surface area contributed by atoms with Crippen LogP contribution in [0.1, 0.15) is 65.7 Å². The van der Waals surface area contributed by atoms with E-state index in [-0.39, 0.29) is 11.5 Å². The van der Waals surface area contributed by atoms with Gasteiger partial charge in [-0.1, -0.05) is 19.1 Å². The number of aryl methyl sites for hydroxylation is 2. The average Bonchev–Trinajstić information content (AvgIpc) is 3.63. The van der Waals surface area contributed by atoms with Crippen molar-refractivity contribution in [3.63, 3.8) is 0 Å². The van der Waals surface area contributed by atoms with E-state index in [1.165, 1.54) is 9.58 Å². The Morgan fingerprint density at radius 3 is 1.81 bits per heavy atom. The molecule has 0 aliphatic heterocycles. The van der Waals surface area contributed by atoms with Crippen molar-refractivity contribution in [1.82, 2.24) is 40.6 Å². The Labute approximate surface area is 248 Å². The molecule has 5 rings (SSSR count). The lowest BCUT2D eigenvalue weighted by Gasteiger charge is -2.26. The van der Waals surface area contributed by atoms with Gasteiger partial charge in [-0.25, -0.2) is 0 Å². The highest BCUT2D eigenvalue weighted by Gasteiger charge is 2.24. The molecule has 5 aromatic rings. The quantitative estimate of drug-likeness (QED) is 0.175. The van der Waals surface area contributed by atoms with Crippen LogP contribution in [0, 0.1) is 13.8 Å². The van der Waals surface area contributed by atoms with Crippen LogP contribution >= 0.6 is 0 Å². The Morgan fingerprint density at radius 2 is 1.35 bits per heavy atom. The Morgan fingerprint density at radius 1 is 0.791 bits per heavy atom. The van der Waals surface area contributed by atoms with Gasteiger partial charge in [0.15, 0.2) is 11.6 Å². The molecule has 13 heteroatoms. The number of phenolic OH excluding ortho intramolecular Hbond substituents is 2. The maximum Gasteiger partial charge on any atom is 0.173 e. The number of rotatable bonds is 11. The van der Waals surface area contributed by atoms with E-state index in [9.17, 15) is 10.2 Å². The zero-order valence-corrected chi connectivity index (χ0v) is 24.4. The van der Waals surface area contributed by atoms with E-state index in [4.69, 9.17) is 0 Å². The van der Waals surface area contributed by atoms with Crippen LogP contribution in [0.5, 0.6) is 11.5 Å². The van der Waals surface area contributed by atoms with E-state index >= 15 is 0 Å². The van der Waals surface area contributed by atoms with Gasteiger partial charge in [0.25, 0.3) is 0 Å². The van der Waals surface area contributed by atoms with Crippen molar-refractivity contribution < 1.29 is 10.2 Å². The summed E-state index contributed by atoms with van der Waals surface area (Å²) in [5.41, 5.74) is 4.58. The lowest BCUT2D eigenvalue weighted by molar-refractivity contribution is 0.458. The first kappa shape index (κ1) is 29.0. The lowest BCUT2D eigenvalue weighted by atomic mass is 9.82. The standard InChI is InChI=1S/C30H33N11O2/c1-5-14-39(6-2)25-9-7-8-24(17-25)30(26-15-22(10-12-28(26)42)18-31-40-20(3)33-35-37-40)27-16-23(11-13-29(27)43)19-32-41-21(4)34-36-38-41/h7-13,15-19,30,42-43H,5-6,14H2,1-4H3/b31-18+,32-19+. The zero-order chi connectivity index (χ0) is 30.3. The van der Waals surface area contributed by atoms with E-state index in [0.717, 1.165) is 41.9 Å². The second-order valence-corrected chi connectivity index (χ2v) is 9.96. The molecule has 0 unspecified atom stereocenters. The summed E-state index contributed by atoms with van der Waals surface area (Å²) in [5.74, 6) is 0.701. The predicted molar refractivity (Wildman–Crippen MR) is 163 cm³/mol. The molecule has 0 radical (unpaired) electrons. The second-order valence-electron chi connectivity index (χ2n) is 9.96. The third-order valence-corrected chi connectivity index (χ3v) is 7.01. The Hall–Kier alpha value is -5.46. The summed E-state index contributed by atoms with van der Waals surface area (Å²) in [6.07, 6.45) is 4.25. The topological polar surface area (TPSA) is 156 Å². The van der Waals surface area contributed by atoms with Crippen LogP contribution in [0.3, 0.4) is 0 Å². The number of nitrogens with zero attached hydrogens (tertiary/aromatic N) is 11. The van der Waals surface area contributed by atoms with Gasteiger partial charge < -0.3 is 15.1 Å². The summed E-state index contributed by atoms with van der Waals surface area (Å²) in [6.45, 7) is 9.54. The molecular formula is C30H33N11O2. The minimum atomic E-state index is -0.536. The van der Waals surface area contributed by atoms with Crippen LogP contribution in [-0.4, -0.2) is 76.4 Å². The van der Waals surface area contributed by atoms with Gasteiger partial charge in [-0.2, -0.15) is 10.2 Å². The van der Waals surface area contributed by atoms with E-state index in [1.54, 1.807) is 50.5 Å². The normalized spacial score (nSPS) is 11.7. The molecule has 13 nitrogen and oxygen atoms in total. The summed E-state index contributed by atoms with van der Waals surface area (Å²) in [6, 6.07) is 18.7. The fraction of sp³-hybridized carbons (Fsp3) is 0.267. The maximum absolute atomic E-state index is 11.2. The summed E-state index contributed by atoms with van der Waals surface area (Å²) < 4.78 is 0. The van der Waals surface area contributed by atoms with Crippen molar-refractivity contribution in [3.05, 3.63) is 100 Å². The van der Waals surface area contributed by atoms with Crippen molar-refractivity contribution in [3.8, 4) is 11.5 Å². The van der Waals surface area contributed by atoms with Gasteiger partial charge in [0, 0.05) is 35.8 Å². The van der Waals surface area contributed by atoms with Crippen LogP contribution in [-0.2, 0) is 0 Å². The molecule has 0 spiro atoms. The monoisotopic (exact) mass is 579 g/mol. The molecule has 3 aromatic carbocycles. The number of phenols is 2. The summed E-state index contributed by atoms with van der Waals surface area (Å²) in [4.78, 5) is 4.94. The van der Waals surface area contributed by atoms with Crippen molar-refractivity contribution in [2.45, 2.75) is 40.0 Å². The highest BCUT2D eigenvalue weighted by molar-refractivity contribution is 5.82. The fourth-order valence-corrected chi connectivity index (χ4v) is 4.85. The number of tetrazole rings is 2. The summed E-state index contributed by atoms with van der Waals surface area (Å²) >= 11 is 0. The number of anilines is 1. The molecule has 0 aliphatic carbocycles. The smallest absolute Gasteiger partial charge is 0.173 e. The highest BCUT2D eigenvalue weighted by Crippen LogP contribution is 2.42. The van der Waals surface area contributed by atoms with Crippen molar-refractivity contribution in [2.24, 2.45) is 10.2 Å². The summed E-state index contributed by atoms with van der Waals surface area (Å²) in [5, 5.41) is 53.8. The molecule has 2 N–H and O–H groups in total. The zero-order valence-electron chi connectivity index (χ0n) is 24.4. The first-order valence-electron chi connectivity index (χ1n) is 14.0. The number of benzene rings is 3. The number of hydrogen-bond donors (Lipinski definition) is 2. The predicted octanol–water partition coefficient (Wildman–Crippen LogP) is 3.87. The van der Waals surface area contributed by atoms with Crippen LogP contribution in [0.25, 0.3) is 0 Å². The average molecular weight is 580 g/mol. The van der Waals surface area contributed by atoms with Gasteiger partial charge in [-0.05, 0) is 113 Å². The minimum Gasteiger partial charge on any atom is -0.508 e. The Balaban J connectivity index is 1.64. The minimum absolute atomic E-state index is 0.0786. The number of hydrogen-bond acceptors (Lipinski definition) is 11. The van der Waals surface area contributed by atoms with Crippen molar-refractivity contribution in [1.29, 1.82) is 0 Å². The third kappa shape index (κ3) is 6.56. The first-order chi connectivity index (χ1) is 20.9. The molecule has 0 amide bonds. The molecule has 220 valence electrons. The molecule has 0 saturated heterocycles. The number of aromatic nitrogens is 8. The second kappa shape index (κ2) is 13.0. The van der Waals surface area contributed by atoms with Crippen LogP contribution in [0.4, 0.5) is 5.69 Å². The van der Waals surface area contributed by atoms with Gasteiger partial charge in [0.05, 0.1) is 12.4 Å². The highest BCUT2D eigenvalue weighted by atomic mass is 16.3. The van der Waals surface area contributed by atoms with Gasteiger partial charge in [0.1, 0.15) is 11.5 Å². The molecule has 43 heavy (non-hydrogen) atoms. The molecule has 2 heterocycles. The van der Waals surface area contributed by atoms with Crippen LogP contribution in [0.15, 0.2) is 70.9 Å². The van der Waals surface area contributed by atoms with Gasteiger partial charge >= 0.3 is 0 Å². The van der Waals surface area contributed by atoms with E-state index in [1.807, 2.05) is 24.3 Å². The largest absolute Gasteiger partial charge is 0.508 e. The van der Waals surface area contributed by atoms with Crippen molar-refractivity contribution >= 4 is 18.1 Å². The molecule has 0 fully saturated rings. The molecule has 0 bridgehead atoms. The van der Waals surface area contributed by atoms with Crippen molar-refractivity contribution in [2.75, 3.05) is 18.0 Å². The van der Waals surface area contributed by atoms with E-state index in [2.05, 4.69) is 72.1 Å². The van der Waals surface area contributed by atoms with E-state index < -0.39 is 5.92 Å². The van der Waals surface area contributed by atoms with Gasteiger partial charge in [0.2, 0.25) is 0 Å². The maximum atomic E-state index is 11.2. The number of aromatic hydroxyl groups is 2. The molecular weight excluding hydrogens is 546 g/mol. The molecule has 0 saturated carbocycles.